The maximum absolute atomic E-state index is 3.53. The van der Waals surface area contributed by atoms with Crippen molar-refractivity contribution in [1.82, 2.24) is 10.2 Å². The van der Waals surface area contributed by atoms with E-state index in [4.69, 9.17) is 0 Å². The number of nitrogens with zero attached hydrogens (tertiary/aromatic N) is 1. The van der Waals surface area contributed by atoms with E-state index in [-0.39, 0.29) is 0 Å². The minimum atomic E-state index is 0.672. The summed E-state index contributed by atoms with van der Waals surface area (Å²) in [4.78, 5) is 2.73. The molecule has 2 fully saturated rings. The zero-order valence-corrected chi connectivity index (χ0v) is 12.8. The molecule has 1 atom stereocenters. The third kappa shape index (κ3) is 3.42. The summed E-state index contributed by atoms with van der Waals surface area (Å²) in [6.45, 7) is 7.05. The van der Waals surface area contributed by atoms with Crippen LogP contribution >= 0.6 is 0 Å². The molecule has 1 saturated heterocycles. The summed E-state index contributed by atoms with van der Waals surface area (Å²) in [6, 6.07) is 10.2. The first-order valence-corrected chi connectivity index (χ1v) is 8.42. The third-order valence-corrected chi connectivity index (χ3v) is 4.70. The normalized spacial score (nSPS) is 22.4. The van der Waals surface area contributed by atoms with E-state index in [1.807, 2.05) is 0 Å². The van der Waals surface area contributed by atoms with Gasteiger partial charge in [0, 0.05) is 25.7 Å². The largest absolute Gasteiger partial charge is 0.315 e. The molecule has 1 heterocycles. The topological polar surface area (TPSA) is 15.3 Å². The van der Waals surface area contributed by atoms with Gasteiger partial charge in [-0.2, -0.15) is 0 Å². The van der Waals surface area contributed by atoms with Crippen LogP contribution in [0.25, 0.3) is 0 Å². The molecule has 2 heteroatoms. The van der Waals surface area contributed by atoms with Crippen LogP contribution in [0.15, 0.2) is 24.3 Å². The quantitative estimate of drug-likeness (QED) is 0.884. The van der Waals surface area contributed by atoms with Crippen molar-refractivity contribution in [2.75, 3.05) is 26.2 Å². The molecule has 3 rings (SSSR count). The van der Waals surface area contributed by atoms with Gasteiger partial charge in [0.1, 0.15) is 0 Å². The van der Waals surface area contributed by atoms with Gasteiger partial charge in [0.15, 0.2) is 0 Å². The summed E-state index contributed by atoms with van der Waals surface area (Å²) in [5.41, 5.74) is 3.04. The lowest BCUT2D eigenvalue weighted by molar-refractivity contribution is 0.189. The Bertz CT molecular complexity index is 400. The van der Waals surface area contributed by atoms with Crippen LogP contribution < -0.4 is 5.32 Å². The summed E-state index contributed by atoms with van der Waals surface area (Å²) < 4.78 is 0. The molecule has 0 bridgehead atoms. The van der Waals surface area contributed by atoms with Crippen molar-refractivity contribution in [2.24, 2.45) is 5.92 Å². The van der Waals surface area contributed by atoms with E-state index >= 15 is 0 Å². The van der Waals surface area contributed by atoms with Crippen LogP contribution in [-0.4, -0.2) is 31.1 Å². The number of hydrogen-bond acceptors (Lipinski definition) is 2. The Morgan fingerprint density at radius 1 is 1.15 bits per heavy atom. The molecule has 0 aromatic heterocycles. The standard InChI is InChI=1S/C18H28N2/c1-2-4-15-5-7-16(8-6-15)18(17-9-10-17)20-13-3-11-19-12-14-20/h5-8,17-19H,2-4,9-14H2,1H3. The van der Waals surface area contributed by atoms with Crippen molar-refractivity contribution in [3.8, 4) is 0 Å². The minimum absolute atomic E-state index is 0.672. The monoisotopic (exact) mass is 272 g/mol. The maximum Gasteiger partial charge on any atom is 0.0376 e. The van der Waals surface area contributed by atoms with Crippen LogP contribution in [0.5, 0.6) is 0 Å². The van der Waals surface area contributed by atoms with E-state index in [9.17, 15) is 0 Å². The first-order valence-electron chi connectivity index (χ1n) is 8.42. The van der Waals surface area contributed by atoms with E-state index < -0.39 is 0 Å². The molecule has 0 amide bonds. The van der Waals surface area contributed by atoms with Crippen molar-refractivity contribution < 1.29 is 0 Å². The molecule has 1 aromatic rings. The van der Waals surface area contributed by atoms with Crippen LogP contribution in [0.2, 0.25) is 0 Å². The van der Waals surface area contributed by atoms with Crippen molar-refractivity contribution in [3.05, 3.63) is 35.4 Å². The molecule has 20 heavy (non-hydrogen) atoms. The van der Waals surface area contributed by atoms with Crippen LogP contribution in [0.1, 0.15) is 49.8 Å². The maximum atomic E-state index is 3.53. The molecule has 0 spiro atoms. The van der Waals surface area contributed by atoms with Gasteiger partial charge in [-0.3, -0.25) is 4.90 Å². The highest BCUT2D eigenvalue weighted by molar-refractivity contribution is 5.26. The molecule has 1 N–H and O–H groups in total. The van der Waals surface area contributed by atoms with E-state index in [1.54, 1.807) is 5.56 Å². The summed E-state index contributed by atoms with van der Waals surface area (Å²) in [5, 5.41) is 3.53. The Morgan fingerprint density at radius 2 is 1.95 bits per heavy atom. The van der Waals surface area contributed by atoms with Gasteiger partial charge in [-0.05, 0) is 49.3 Å². The number of benzene rings is 1. The van der Waals surface area contributed by atoms with E-state index in [0.717, 1.165) is 12.5 Å². The molecule has 1 aliphatic heterocycles. The van der Waals surface area contributed by atoms with Gasteiger partial charge >= 0.3 is 0 Å². The fourth-order valence-electron chi connectivity index (χ4n) is 3.51. The predicted octanol–water partition coefficient (Wildman–Crippen LogP) is 3.39. The Balaban J connectivity index is 1.75. The van der Waals surface area contributed by atoms with Crippen molar-refractivity contribution in [3.63, 3.8) is 0 Å². The van der Waals surface area contributed by atoms with Gasteiger partial charge in [0.25, 0.3) is 0 Å². The molecular formula is C18H28N2. The number of aryl methyl sites for hydroxylation is 1. The van der Waals surface area contributed by atoms with Crippen LogP contribution in [0.4, 0.5) is 0 Å². The molecule has 110 valence electrons. The molecule has 2 aliphatic rings. The zero-order valence-electron chi connectivity index (χ0n) is 12.8. The summed E-state index contributed by atoms with van der Waals surface area (Å²) in [6.07, 6.45) is 6.58. The molecular weight excluding hydrogens is 244 g/mol. The lowest BCUT2D eigenvalue weighted by atomic mass is 9.98. The fourth-order valence-corrected chi connectivity index (χ4v) is 3.51. The lowest BCUT2D eigenvalue weighted by Crippen LogP contribution is -2.33. The third-order valence-electron chi connectivity index (χ3n) is 4.70. The average Bonchev–Trinajstić information content (AvgIpc) is 3.29. The molecule has 0 radical (unpaired) electrons. The number of hydrogen-bond donors (Lipinski definition) is 1. The second kappa shape index (κ2) is 6.73. The van der Waals surface area contributed by atoms with E-state index in [0.29, 0.717) is 6.04 Å². The number of rotatable bonds is 5. The summed E-state index contributed by atoms with van der Waals surface area (Å²) >= 11 is 0. The van der Waals surface area contributed by atoms with Crippen molar-refractivity contribution in [1.29, 1.82) is 0 Å². The Labute approximate surface area is 123 Å². The van der Waals surface area contributed by atoms with Crippen LogP contribution in [0.3, 0.4) is 0 Å². The fraction of sp³-hybridized carbons (Fsp3) is 0.667. The van der Waals surface area contributed by atoms with E-state index in [1.165, 1.54) is 57.3 Å². The van der Waals surface area contributed by atoms with Gasteiger partial charge in [-0.1, -0.05) is 37.6 Å². The predicted molar refractivity (Wildman–Crippen MR) is 85.0 cm³/mol. The van der Waals surface area contributed by atoms with Crippen LogP contribution in [-0.2, 0) is 6.42 Å². The first kappa shape index (κ1) is 14.1. The Morgan fingerprint density at radius 3 is 2.65 bits per heavy atom. The summed E-state index contributed by atoms with van der Waals surface area (Å²) in [5.74, 6) is 0.908. The lowest BCUT2D eigenvalue weighted by Gasteiger charge is -2.31. The van der Waals surface area contributed by atoms with Gasteiger partial charge in [-0.15, -0.1) is 0 Å². The highest BCUT2D eigenvalue weighted by Crippen LogP contribution is 2.44. The molecule has 2 nitrogen and oxygen atoms in total. The Hall–Kier alpha value is -0.860. The zero-order chi connectivity index (χ0) is 13.8. The Kier molecular flexibility index (Phi) is 4.74. The second-order valence-electron chi connectivity index (χ2n) is 6.41. The molecule has 1 aromatic carbocycles. The van der Waals surface area contributed by atoms with Gasteiger partial charge in [-0.25, -0.2) is 0 Å². The van der Waals surface area contributed by atoms with Crippen LogP contribution in [0, 0.1) is 5.92 Å². The second-order valence-corrected chi connectivity index (χ2v) is 6.41. The van der Waals surface area contributed by atoms with E-state index in [2.05, 4.69) is 41.4 Å². The molecule has 1 unspecified atom stereocenters. The highest BCUT2D eigenvalue weighted by Gasteiger charge is 2.36. The number of nitrogens with one attached hydrogen (secondary N) is 1. The first-order chi connectivity index (χ1) is 9.88. The van der Waals surface area contributed by atoms with Crippen molar-refractivity contribution >= 4 is 0 Å². The van der Waals surface area contributed by atoms with Gasteiger partial charge in [0.2, 0.25) is 0 Å². The smallest absolute Gasteiger partial charge is 0.0376 e. The highest BCUT2D eigenvalue weighted by atomic mass is 15.2. The SMILES string of the molecule is CCCc1ccc(C(C2CC2)N2CCCNCC2)cc1. The average molecular weight is 272 g/mol. The van der Waals surface area contributed by atoms with Gasteiger partial charge < -0.3 is 5.32 Å². The molecule has 1 aliphatic carbocycles. The minimum Gasteiger partial charge on any atom is -0.315 e. The van der Waals surface area contributed by atoms with Crippen molar-refractivity contribution in [2.45, 2.75) is 45.1 Å². The van der Waals surface area contributed by atoms with Gasteiger partial charge in [0.05, 0.1) is 0 Å². The summed E-state index contributed by atoms with van der Waals surface area (Å²) in [7, 11) is 0. The molecule has 1 saturated carbocycles.